The van der Waals surface area contributed by atoms with Crippen molar-refractivity contribution in [3.8, 4) is 0 Å². The molecule has 1 aromatic heterocycles. The lowest BCUT2D eigenvalue weighted by molar-refractivity contribution is -0.113. The van der Waals surface area contributed by atoms with Crippen LogP contribution in [0.2, 0.25) is 5.02 Å². The highest BCUT2D eigenvalue weighted by Gasteiger charge is 2.04. The molecule has 0 unspecified atom stereocenters. The largest absolute Gasteiger partial charge is 0.325 e. The monoisotopic (exact) mass is 268 g/mol. The molecule has 0 spiro atoms. The molecule has 1 aromatic carbocycles. The number of anilines is 1. The zero-order valence-corrected chi connectivity index (χ0v) is 10.3. The van der Waals surface area contributed by atoms with Gasteiger partial charge in [-0.15, -0.1) is 5.10 Å². The molecule has 0 radical (unpaired) electrons. The Balaban J connectivity index is 1.83. The van der Waals surface area contributed by atoms with Crippen LogP contribution in [0.25, 0.3) is 0 Å². The van der Waals surface area contributed by atoms with E-state index in [0.717, 1.165) is 5.69 Å². The van der Waals surface area contributed by atoms with Gasteiger partial charge in [0.15, 0.2) is 0 Å². The number of amides is 1. The molecule has 88 valence electrons. The Morgan fingerprint density at radius 2 is 2.18 bits per heavy atom. The normalized spacial score (nSPS) is 10.2. The van der Waals surface area contributed by atoms with Crippen LogP contribution in [0.15, 0.2) is 35.5 Å². The molecule has 0 fully saturated rings. The molecule has 2 N–H and O–H groups in total. The molecule has 0 bridgehead atoms. The number of nitrogens with one attached hydrogen (secondary N) is 2. The van der Waals surface area contributed by atoms with Crippen LogP contribution in [0, 0.1) is 0 Å². The van der Waals surface area contributed by atoms with Crippen molar-refractivity contribution in [3.05, 3.63) is 35.5 Å². The average molecular weight is 269 g/mol. The molecule has 2 rings (SSSR count). The smallest absolute Gasteiger partial charge is 0.234 e. The molecule has 0 saturated heterocycles. The van der Waals surface area contributed by atoms with Crippen LogP contribution < -0.4 is 5.32 Å². The van der Waals surface area contributed by atoms with Gasteiger partial charge in [0.25, 0.3) is 0 Å². The Hall–Kier alpha value is -1.53. The third-order valence-corrected chi connectivity index (χ3v) is 3.02. The Kier molecular flexibility index (Phi) is 4.00. The van der Waals surface area contributed by atoms with E-state index >= 15 is 0 Å². The summed E-state index contributed by atoms with van der Waals surface area (Å²) in [6, 6.07) is 6.95. The van der Waals surface area contributed by atoms with Crippen molar-refractivity contribution in [2.24, 2.45) is 0 Å². The van der Waals surface area contributed by atoms with E-state index in [0.29, 0.717) is 10.0 Å². The van der Waals surface area contributed by atoms with E-state index in [1.807, 2.05) is 0 Å². The van der Waals surface area contributed by atoms with E-state index in [-0.39, 0.29) is 11.7 Å². The second-order valence-corrected chi connectivity index (χ2v) is 4.58. The number of nitrogens with zero attached hydrogens (tertiary/aromatic N) is 2. The first-order valence-electron chi connectivity index (χ1n) is 4.78. The van der Waals surface area contributed by atoms with E-state index in [4.69, 9.17) is 11.6 Å². The number of H-pyrrole nitrogens is 1. The molecule has 0 aliphatic rings. The summed E-state index contributed by atoms with van der Waals surface area (Å²) in [4.78, 5) is 11.6. The summed E-state index contributed by atoms with van der Waals surface area (Å²) in [5.74, 6) is 0.190. The zero-order chi connectivity index (χ0) is 12.1. The quantitative estimate of drug-likeness (QED) is 0.834. The molecule has 0 atom stereocenters. The van der Waals surface area contributed by atoms with Gasteiger partial charge in [-0.2, -0.15) is 10.3 Å². The van der Waals surface area contributed by atoms with Crippen LogP contribution in [-0.4, -0.2) is 27.1 Å². The van der Waals surface area contributed by atoms with Crippen LogP contribution in [-0.2, 0) is 4.79 Å². The predicted molar refractivity (Wildman–Crippen MR) is 67.2 cm³/mol. The van der Waals surface area contributed by atoms with Gasteiger partial charge in [0.05, 0.1) is 11.9 Å². The van der Waals surface area contributed by atoms with Crippen LogP contribution >= 0.6 is 23.4 Å². The van der Waals surface area contributed by atoms with Crippen molar-refractivity contribution < 1.29 is 4.79 Å². The Bertz CT molecular complexity index is 486. The summed E-state index contributed by atoms with van der Waals surface area (Å²) in [5, 5.41) is 14.1. The SMILES string of the molecule is O=C(CSc1cn[nH]n1)Nc1ccc(Cl)cc1. The molecule has 1 amide bonds. The van der Waals surface area contributed by atoms with Crippen molar-refractivity contribution in [2.75, 3.05) is 11.1 Å². The number of hydrogen-bond donors (Lipinski definition) is 2. The number of thioether (sulfide) groups is 1. The maximum Gasteiger partial charge on any atom is 0.234 e. The molecule has 1 heterocycles. The molecule has 0 aliphatic carbocycles. The van der Waals surface area contributed by atoms with Crippen LogP contribution in [0.4, 0.5) is 5.69 Å². The Morgan fingerprint density at radius 3 is 2.82 bits per heavy atom. The van der Waals surface area contributed by atoms with E-state index in [2.05, 4.69) is 20.7 Å². The van der Waals surface area contributed by atoms with Crippen molar-refractivity contribution in [2.45, 2.75) is 5.03 Å². The van der Waals surface area contributed by atoms with Crippen LogP contribution in [0.3, 0.4) is 0 Å². The number of hydrogen-bond acceptors (Lipinski definition) is 4. The second-order valence-electron chi connectivity index (χ2n) is 3.15. The van der Waals surface area contributed by atoms with Gasteiger partial charge < -0.3 is 5.32 Å². The summed E-state index contributed by atoms with van der Waals surface area (Å²) >= 11 is 7.06. The van der Waals surface area contributed by atoms with Crippen LogP contribution in [0.1, 0.15) is 0 Å². The summed E-state index contributed by atoms with van der Waals surface area (Å²) in [5.41, 5.74) is 0.722. The molecule has 5 nitrogen and oxygen atoms in total. The van der Waals surface area contributed by atoms with E-state index < -0.39 is 0 Å². The van der Waals surface area contributed by atoms with Crippen molar-refractivity contribution in [1.29, 1.82) is 0 Å². The number of carbonyl (C=O) groups excluding carboxylic acids is 1. The first-order valence-corrected chi connectivity index (χ1v) is 6.14. The van der Waals surface area contributed by atoms with Gasteiger partial charge in [-0.05, 0) is 24.3 Å². The van der Waals surface area contributed by atoms with Gasteiger partial charge in [-0.25, -0.2) is 0 Å². The molecule has 17 heavy (non-hydrogen) atoms. The summed E-state index contributed by atoms with van der Waals surface area (Å²) < 4.78 is 0. The van der Waals surface area contributed by atoms with Crippen molar-refractivity contribution >= 4 is 35.0 Å². The summed E-state index contributed by atoms with van der Waals surface area (Å²) in [6.07, 6.45) is 1.57. The lowest BCUT2D eigenvalue weighted by Crippen LogP contribution is -2.13. The lowest BCUT2D eigenvalue weighted by atomic mass is 10.3. The van der Waals surface area contributed by atoms with Gasteiger partial charge in [0.2, 0.25) is 5.91 Å². The van der Waals surface area contributed by atoms with Crippen molar-refractivity contribution in [3.63, 3.8) is 0 Å². The third-order valence-electron chi connectivity index (χ3n) is 1.87. The highest BCUT2D eigenvalue weighted by molar-refractivity contribution is 7.99. The highest BCUT2D eigenvalue weighted by Crippen LogP contribution is 2.15. The van der Waals surface area contributed by atoms with E-state index in [9.17, 15) is 4.79 Å². The summed E-state index contributed by atoms with van der Waals surface area (Å²) in [7, 11) is 0. The average Bonchev–Trinajstić information content (AvgIpc) is 2.83. The Labute approximate surface area is 107 Å². The fourth-order valence-electron chi connectivity index (χ4n) is 1.13. The van der Waals surface area contributed by atoms with E-state index in [1.165, 1.54) is 11.8 Å². The minimum Gasteiger partial charge on any atom is -0.325 e. The van der Waals surface area contributed by atoms with Gasteiger partial charge >= 0.3 is 0 Å². The first-order chi connectivity index (χ1) is 8.24. The Morgan fingerprint density at radius 1 is 1.41 bits per heavy atom. The van der Waals surface area contributed by atoms with Crippen molar-refractivity contribution in [1.82, 2.24) is 15.4 Å². The topological polar surface area (TPSA) is 70.7 Å². The zero-order valence-electron chi connectivity index (χ0n) is 8.68. The number of carbonyl (C=O) groups is 1. The van der Waals surface area contributed by atoms with Gasteiger partial charge in [-0.3, -0.25) is 4.79 Å². The van der Waals surface area contributed by atoms with Gasteiger partial charge in [0, 0.05) is 10.7 Å². The highest BCUT2D eigenvalue weighted by atomic mass is 35.5. The number of aromatic amines is 1. The molecular weight excluding hydrogens is 260 g/mol. The number of benzene rings is 1. The fourth-order valence-corrected chi connectivity index (χ4v) is 1.84. The minimum absolute atomic E-state index is 0.0969. The molecule has 2 aromatic rings. The van der Waals surface area contributed by atoms with E-state index in [1.54, 1.807) is 30.5 Å². The minimum atomic E-state index is -0.0969. The van der Waals surface area contributed by atoms with Gasteiger partial charge in [-0.1, -0.05) is 23.4 Å². The molecule has 0 saturated carbocycles. The molecule has 0 aliphatic heterocycles. The predicted octanol–water partition coefficient (Wildman–Crippen LogP) is 2.19. The maximum absolute atomic E-state index is 11.6. The number of rotatable bonds is 4. The molecular formula is C10H9ClN4OS. The number of halogens is 1. The first kappa shape index (κ1) is 11.9. The second kappa shape index (κ2) is 5.70. The third kappa shape index (κ3) is 3.76. The fraction of sp³-hybridized carbons (Fsp3) is 0.100. The number of aromatic nitrogens is 3. The van der Waals surface area contributed by atoms with Gasteiger partial charge in [0.1, 0.15) is 5.03 Å². The summed E-state index contributed by atoms with van der Waals surface area (Å²) in [6.45, 7) is 0. The lowest BCUT2D eigenvalue weighted by Gasteiger charge is -2.03. The maximum atomic E-state index is 11.6. The standard InChI is InChI=1S/C10H9ClN4OS/c11-7-1-3-8(4-2-7)13-9(16)6-17-10-5-12-15-14-10/h1-5H,6H2,(H,13,16)(H,12,14,15). The van der Waals surface area contributed by atoms with Crippen LogP contribution in [0.5, 0.6) is 0 Å². The molecule has 7 heteroatoms.